The molecule has 76 valence electrons. The molecule has 1 aromatic rings. The van der Waals surface area contributed by atoms with Crippen molar-refractivity contribution in [2.45, 2.75) is 18.9 Å². The summed E-state index contributed by atoms with van der Waals surface area (Å²) in [5.74, 6) is 0.984. The first-order chi connectivity index (χ1) is 6.86. The van der Waals surface area contributed by atoms with Crippen LogP contribution in [0.5, 0.6) is 0 Å². The minimum Gasteiger partial charge on any atom is -0.358 e. The highest BCUT2D eigenvalue weighted by Crippen LogP contribution is 2.18. The minimum atomic E-state index is 0.786. The van der Waals surface area contributed by atoms with Crippen LogP contribution in [0.4, 0.5) is 5.82 Å². The fourth-order valence-electron chi connectivity index (χ4n) is 1.35. The SMILES string of the molecule is CN(CCNC1CC1)c1ccncn1. The zero-order valence-electron chi connectivity index (χ0n) is 8.48. The van der Waals surface area contributed by atoms with Gasteiger partial charge < -0.3 is 10.2 Å². The first-order valence-electron chi connectivity index (χ1n) is 5.07. The first-order valence-corrected chi connectivity index (χ1v) is 5.07. The molecule has 0 radical (unpaired) electrons. The van der Waals surface area contributed by atoms with Crippen LogP contribution in [0.3, 0.4) is 0 Å². The number of nitrogens with one attached hydrogen (secondary N) is 1. The molecule has 0 aromatic carbocycles. The molecule has 1 aliphatic rings. The van der Waals surface area contributed by atoms with E-state index in [2.05, 4.69) is 27.2 Å². The van der Waals surface area contributed by atoms with E-state index in [4.69, 9.17) is 0 Å². The van der Waals surface area contributed by atoms with Gasteiger partial charge in [0.05, 0.1) is 0 Å². The van der Waals surface area contributed by atoms with Crippen molar-refractivity contribution >= 4 is 5.82 Å². The molecule has 14 heavy (non-hydrogen) atoms. The topological polar surface area (TPSA) is 41.0 Å². The van der Waals surface area contributed by atoms with Crippen LogP contribution in [0.25, 0.3) is 0 Å². The summed E-state index contributed by atoms with van der Waals surface area (Å²) in [6.45, 7) is 2.03. The van der Waals surface area contributed by atoms with Gasteiger partial charge in [-0.25, -0.2) is 9.97 Å². The summed E-state index contributed by atoms with van der Waals surface area (Å²) >= 11 is 0. The highest BCUT2D eigenvalue weighted by Gasteiger charge is 2.19. The Morgan fingerprint density at radius 3 is 3.07 bits per heavy atom. The Hall–Kier alpha value is -1.16. The predicted molar refractivity (Wildman–Crippen MR) is 56.3 cm³/mol. The van der Waals surface area contributed by atoms with Gasteiger partial charge in [0.1, 0.15) is 12.1 Å². The summed E-state index contributed by atoms with van der Waals surface area (Å²) in [5, 5.41) is 3.47. The van der Waals surface area contributed by atoms with Gasteiger partial charge in [0, 0.05) is 32.4 Å². The van der Waals surface area contributed by atoms with Crippen molar-refractivity contribution in [1.29, 1.82) is 0 Å². The molecule has 1 aromatic heterocycles. The van der Waals surface area contributed by atoms with E-state index < -0.39 is 0 Å². The second-order valence-corrected chi connectivity index (χ2v) is 3.72. The van der Waals surface area contributed by atoms with Crippen molar-refractivity contribution < 1.29 is 0 Å². The largest absolute Gasteiger partial charge is 0.358 e. The molecule has 1 fully saturated rings. The molecule has 0 saturated heterocycles. The van der Waals surface area contributed by atoms with Crippen LogP contribution < -0.4 is 10.2 Å². The fraction of sp³-hybridized carbons (Fsp3) is 0.600. The third-order valence-corrected chi connectivity index (χ3v) is 2.42. The monoisotopic (exact) mass is 192 g/mol. The molecular formula is C10H16N4. The Morgan fingerprint density at radius 1 is 1.57 bits per heavy atom. The molecule has 0 bridgehead atoms. The molecule has 0 unspecified atom stereocenters. The van der Waals surface area contributed by atoms with E-state index in [1.54, 1.807) is 12.5 Å². The molecule has 0 atom stereocenters. The number of hydrogen-bond acceptors (Lipinski definition) is 4. The van der Waals surface area contributed by atoms with Gasteiger partial charge in [-0.15, -0.1) is 0 Å². The second kappa shape index (κ2) is 4.37. The van der Waals surface area contributed by atoms with E-state index in [9.17, 15) is 0 Å². The Labute approximate surface area is 84.4 Å². The summed E-state index contributed by atoms with van der Waals surface area (Å²) in [5.41, 5.74) is 0. The minimum absolute atomic E-state index is 0.786. The lowest BCUT2D eigenvalue weighted by atomic mass is 10.4. The quantitative estimate of drug-likeness (QED) is 0.744. The molecule has 2 rings (SSSR count). The zero-order valence-corrected chi connectivity index (χ0v) is 8.48. The summed E-state index contributed by atoms with van der Waals surface area (Å²) in [6.07, 6.45) is 6.04. The molecule has 4 heteroatoms. The number of aromatic nitrogens is 2. The number of hydrogen-bond donors (Lipinski definition) is 1. The van der Waals surface area contributed by atoms with E-state index in [0.717, 1.165) is 24.9 Å². The van der Waals surface area contributed by atoms with Crippen LogP contribution in [0.15, 0.2) is 18.6 Å². The molecule has 1 aliphatic carbocycles. The summed E-state index contributed by atoms with van der Waals surface area (Å²) in [7, 11) is 2.05. The van der Waals surface area contributed by atoms with Gasteiger partial charge in [0.2, 0.25) is 0 Å². The van der Waals surface area contributed by atoms with Crippen LogP contribution in [0.1, 0.15) is 12.8 Å². The van der Waals surface area contributed by atoms with E-state index in [1.165, 1.54) is 12.8 Å². The Bertz CT molecular complexity index is 271. The van der Waals surface area contributed by atoms with E-state index >= 15 is 0 Å². The van der Waals surface area contributed by atoms with Gasteiger partial charge in [0.15, 0.2) is 0 Å². The van der Waals surface area contributed by atoms with Crippen LogP contribution >= 0.6 is 0 Å². The van der Waals surface area contributed by atoms with Gasteiger partial charge in [-0.3, -0.25) is 0 Å². The van der Waals surface area contributed by atoms with Crippen LogP contribution in [-0.2, 0) is 0 Å². The zero-order chi connectivity index (χ0) is 9.80. The van der Waals surface area contributed by atoms with Crippen LogP contribution in [0.2, 0.25) is 0 Å². The Kier molecular flexibility index (Phi) is 2.93. The maximum Gasteiger partial charge on any atom is 0.131 e. The number of anilines is 1. The van der Waals surface area contributed by atoms with Gasteiger partial charge in [-0.2, -0.15) is 0 Å². The summed E-state index contributed by atoms with van der Waals surface area (Å²) < 4.78 is 0. The standard InChI is InChI=1S/C10H16N4/c1-14(7-6-12-9-2-3-9)10-4-5-11-8-13-10/h4-5,8-9,12H,2-3,6-7H2,1H3. The normalized spacial score (nSPS) is 15.5. The predicted octanol–water partition coefficient (Wildman–Crippen LogP) is 0.665. The lowest BCUT2D eigenvalue weighted by Crippen LogP contribution is -2.30. The molecule has 1 N–H and O–H groups in total. The molecular weight excluding hydrogens is 176 g/mol. The van der Waals surface area contributed by atoms with Gasteiger partial charge in [-0.05, 0) is 18.9 Å². The molecule has 0 spiro atoms. The van der Waals surface area contributed by atoms with Crippen molar-refractivity contribution in [3.63, 3.8) is 0 Å². The van der Waals surface area contributed by atoms with Crippen molar-refractivity contribution in [2.75, 3.05) is 25.0 Å². The number of likely N-dealkylation sites (N-methyl/N-ethyl adjacent to an activating group) is 1. The third kappa shape index (κ3) is 2.67. The molecule has 1 heterocycles. The third-order valence-electron chi connectivity index (χ3n) is 2.42. The average molecular weight is 192 g/mol. The fourth-order valence-corrected chi connectivity index (χ4v) is 1.35. The summed E-state index contributed by atoms with van der Waals surface area (Å²) in [6, 6.07) is 2.71. The van der Waals surface area contributed by atoms with Crippen molar-refractivity contribution in [1.82, 2.24) is 15.3 Å². The highest BCUT2D eigenvalue weighted by molar-refractivity contribution is 5.34. The van der Waals surface area contributed by atoms with E-state index in [1.807, 2.05) is 6.07 Å². The van der Waals surface area contributed by atoms with Crippen molar-refractivity contribution in [2.24, 2.45) is 0 Å². The second-order valence-electron chi connectivity index (χ2n) is 3.72. The Morgan fingerprint density at radius 2 is 2.43 bits per heavy atom. The van der Waals surface area contributed by atoms with Gasteiger partial charge >= 0.3 is 0 Å². The lowest BCUT2D eigenvalue weighted by Gasteiger charge is -2.17. The van der Waals surface area contributed by atoms with Crippen LogP contribution in [0, 0.1) is 0 Å². The van der Waals surface area contributed by atoms with Crippen molar-refractivity contribution in [3.05, 3.63) is 18.6 Å². The lowest BCUT2D eigenvalue weighted by molar-refractivity contribution is 0.672. The van der Waals surface area contributed by atoms with E-state index in [0.29, 0.717) is 0 Å². The Balaban J connectivity index is 1.74. The maximum atomic E-state index is 4.18. The molecule has 0 amide bonds. The van der Waals surface area contributed by atoms with E-state index in [-0.39, 0.29) is 0 Å². The van der Waals surface area contributed by atoms with Gasteiger partial charge in [0.25, 0.3) is 0 Å². The van der Waals surface area contributed by atoms with Gasteiger partial charge in [-0.1, -0.05) is 0 Å². The first kappa shape index (κ1) is 9.40. The highest BCUT2D eigenvalue weighted by atomic mass is 15.2. The smallest absolute Gasteiger partial charge is 0.131 e. The maximum absolute atomic E-state index is 4.18. The molecule has 4 nitrogen and oxygen atoms in total. The molecule has 0 aliphatic heterocycles. The number of nitrogens with zero attached hydrogens (tertiary/aromatic N) is 3. The molecule has 1 saturated carbocycles. The summed E-state index contributed by atoms with van der Waals surface area (Å²) in [4.78, 5) is 10.2. The van der Waals surface area contributed by atoms with Crippen LogP contribution in [-0.4, -0.2) is 36.1 Å². The average Bonchev–Trinajstić information content (AvgIpc) is 3.03. The number of rotatable bonds is 5. The van der Waals surface area contributed by atoms with Crippen molar-refractivity contribution in [3.8, 4) is 0 Å².